The molecular formula is C17H27F3N2O2S. The van der Waals surface area contributed by atoms with Gasteiger partial charge in [-0.2, -0.15) is 13.2 Å². The molecule has 0 aromatic heterocycles. The van der Waals surface area contributed by atoms with Crippen LogP contribution in [0.15, 0.2) is 18.2 Å². The quantitative estimate of drug-likeness (QED) is 0.599. The highest BCUT2D eigenvalue weighted by Gasteiger charge is 2.32. The van der Waals surface area contributed by atoms with E-state index in [1.54, 1.807) is 26.8 Å². The monoisotopic (exact) mass is 380 g/mol. The minimum Gasteiger partial charge on any atom is -0.385 e. The second-order valence-corrected chi connectivity index (χ2v) is 8.52. The number of hydrogen-bond acceptors (Lipinski definition) is 3. The zero-order valence-corrected chi connectivity index (χ0v) is 15.7. The number of hydrogen-bond donors (Lipinski definition) is 2. The van der Waals surface area contributed by atoms with E-state index < -0.39 is 27.0 Å². The summed E-state index contributed by atoms with van der Waals surface area (Å²) in [5, 5.41) is 2.67. The van der Waals surface area contributed by atoms with Gasteiger partial charge in [0.2, 0.25) is 10.0 Å². The molecule has 1 aromatic carbocycles. The number of benzene rings is 1. The van der Waals surface area contributed by atoms with Crippen LogP contribution in [0.4, 0.5) is 18.9 Å². The number of aryl methyl sites for hydroxylation is 1. The van der Waals surface area contributed by atoms with Crippen LogP contribution in [-0.4, -0.2) is 26.8 Å². The Morgan fingerprint density at radius 1 is 1.08 bits per heavy atom. The Hall–Kier alpha value is -1.28. The van der Waals surface area contributed by atoms with E-state index in [4.69, 9.17) is 0 Å². The first kappa shape index (κ1) is 21.8. The lowest BCUT2D eigenvalue weighted by Crippen LogP contribution is -2.31. The third-order valence-corrected chi connectivity index (χ3v) is 5.75. The predicted molar refractivity (Wildman–Crippen MR) is 95.2 cm³/mol. The largest absolute Gasteiger partial charge is 0.416 e. The SMILES string of the molecule is CCc1cc(NCCCCCNS(=O)(=O)C(C)C)ccc1C(F)(F)F. The summed E-state index contributed by atoms with van der Waals surface area (Å²) in [6, 6.07) is 4.10. The topological polar surface area (TPSA) is 58.2 Å². The molecule has 0 radical (unpaired) electrons. The van der Waals surface area contributed by atoms with Gasteiger partial charge in [0.15, 0.2) is 0 Å². The molecule has 0 aliphatic carbocycles. The molecule has 0 bridgehead atoms. The second kappa shape index (κ2) is 9.43. The summed E-state index contributed by atoms with van der Waals surface area (Å²) < 4.78 is 64.2. The maximum absolute atomic E-state index is 12.9. The smallest absolute Gasteiger partial charge is 0.385 e. The molecule has 0 unspecified atom stereocenters. The Morgan fingerprint density at radius 2 is 1.72 bits per heavy atom. The molecule has 0 aliphatic rings. The lowest BCUT2D eigenvalue weighted by Gasteiger charge is -2.14. The van der Waals surface area contributed by atoms with Gasteiger partial charge in [-0.25, -0.2) is 13.1 Å². The number of sulfonamides is 1. The fourth-order valence-electron chi connectivity index (χ4n) is 2.31. The third kappa shape index (κ3) is 7.23. The van der Waals surface area contributed by atoms with Crippen molar-refractivity contribution in [3.8, 4) is 0 Å². The van der Waals surface area contributed by atoms with E-state index in [0.29, 0.717) is 25.2 Å². The zero-order valence-electron chi connectivity index (χ0n) is 14.9. The first-order valence-electron chi connectivity index (χ1n) is 8.50. The first-order valence-corrected chi connectivity index (χ1v) is 10.0. The minimum absolute atomic E-state index is 0.278. The molecule has 0 atom stereocenters. The summed E-state index contributed by atoms with van der Waals surface area (Å²) in [7, 11) is -3.22. The Balaban J connectivity index is 2.35. The summed E-state index contributed by atoms with van der Waals surface area (Å²) in [6.45, 7) is 5.99. The van der Waals surface area contributed by atoms with Gasteiger partial charge < -0.3 is 5.32 Å². The van der Waals surface area contributed by atoms with Crippen LogP contribution in [0.5, 0.6) is 0 Å². The van der Waals surface area contributed by atoms with Crippen LogP contribution in [0.25, 0.3) is 0 Å². The van der Waals surface area contributed by atoms with Crippen LogP contribution in [0.2, 0.25) is 0 Å². The van der Waals surface area contributed by atoms with E-state index in [9.17, 15) is 21.6 Å². The van der Waals surface area contributed by atoms with Crippen LogP contribution in [-0.2, 0) is 22.6 Å². The molecule has 4 nitrogen and oxygen atoms in total. The molecule has 1 rings (SSSR count). The summed E-state index contributed by atoms with van der Waals surface area (Å²) in [6.07, 6.45) is -1.64. The molecule has 0 saturated carbocycles. The summed E-state index contributed by atoms with van der Waals surface area (Å²) in [4.78, 5) is 0. The highest BCUT2D eigenvalue weighted by atomic mass is 32.2. The maximum Gasteiger partial charge on any atom is 0.416 e. The van der Waals surface area contributed by atoms with Gasteiger partial charge in [0.1, 0.15) is 0 Å². The van der Waals surface area contributed by atoms with Crippen LogP contribution in [0.1, 0.15) is 51.2 Å². The van der Waals surface area contributed by atoms with Crippen molar-refractivity contribution < 1.29 is 21.6 Å². The average molecular weight is 380 g/mol. The zero-order chi connectivity index (χ0) is 19.1. The molecule has 0 heterocycles. The van der Waals surface area contributed by atoms with E-state index in [-0.39, 0.29) is 5.56 Å². The van der Waals surface area contributed by atoms with E-state index in [1.807, 2.05) is 0 Å². The Morgan fingerprint density at radius 3 is 2.28 bits per heavy atom. The Bertz CT molecular complexity index is 644. The molecule has 0 fully saturated rings. The van der Waals surface area contributed by atoms with E-state index in [0.717, 1.165) is 25.3 Å². The summed E-state index contributed by atoms with van der Waals surface area (Å²) in [5.41, 5.74) is 0.365. The molecule has 0 saturated heterocycles. The van der Waals surface area contributed by atoms with Crippen LogP contribution >= 0.6 is 0 Å². The van der Waals surface area contributed by atoms with Gasteiger partial charge in [-0.05, 0) is 56.9 Å². The van der Waals surface area contributed by atoms with Gasteiger partial charge in [-0.15, -0.1) is 0 Å². The van der Waals surface area contributed by atoms with Crippen molar-refractivity contribution in [2.24, 2.45) is 0 Å². The third-order valence-electron chi connectivity index (χ3n) is 3.90. The van der Waals surface area contributed by atoms with Crippen molar-refractivity contribution in [2.45, 2.75) is 57.9 Å². The summed E-state index contributed by atoms with van der Waals surface area (Å²) in [5.74, 6) is 0. The average Bonchev–Trinajstić information content (AvgIpc) is 2.52. The van der Waals surface area contributed by atoms with Crippen molar-refractivity contribution in [3.05, 3.63) is 29.3 Å². The summed E-state index contributed by atoms with van der Waals surface area (Å²) >= 11 is 0. The molecular weight excluding hydrogens is 353 g/mol. The molecule has 144 valence electrons. The first-order chi connectivity index (χ1) is 11.6. The molecule has 1 aromatic rings. The van der Waals surface area contributed by atoms with Crippen LogP contribution < -0.4 is 10.0 Å². The van der Waals surface area contributed by atoms with E-state index in [1.165, 1.54) is 6.07 Å². The Kier molecular flexibility index (Phi) is 8.21. The fourth-order valence-corrected chi connectivity index (χ4v) is 3.08. The second-order valence-electron chi connectivity index (χ2n) is 6.20. The number of anilines is 1. The van der Waals surface area contributed by atoms with Gasteiger partial charge >= 0.3 is 6.18 Å². The number of nitrogens with one attached hydrogen (secondary N) is 2. The van der Waals surface area contributed by atoms with Crippen LogP contribution in [0.3, 0.4) is 0 Å². The molecule has 25 heavy (non-hydrogen) atoms. The van der Waals surface area contributed by atoms with Crippen molar-refractivity contribution in [1.29, 1.82) is 0 Å². The van der Waals surface area contributed by atoms with Gasteiger partial charge in [0.25, 0.3) is 0 Å². The van der Waals surface area contributed by atoms with Gasteiger partial charge in [0.05, 0.1) is 10.8 Å². The number of halogens is 3. The lowest BCUT2D eigenvalue weighted by molar-refractivity contribution is -0.138. The van der Waals surface area contributed by atoms with Crippen molar-refractivity contribution >= 4 is 15.7 Å². The fraction of sp³-hybridized carbons (Fsp3) is 0.647. The molecule has 0 amide bonds. The number of unbranched alkanes of at least 4 members (excludes halogenated alkanes) is 2. The normalized spacial score (nSPS) is 12.6. The Labute approximate surface area is 148 Å². The molecule has 2 N–H and O–H groups in total. The van der Waals surface area contributed by atoms with Gasteiger partial charge in [-0.1, -0.05) is 13.3 Å². The van der Waals surface area contributed by atoms with Crippen LogP contribution in [0, 0.1) is 0 Å². The number of rotatable bonds is 10. The number of alkyl halides is 3. The van der Waals surface area contributed by atoms with E-state index >= 15 is 0 Å². The molecule has 0 spiro atoms. The highest BCUT2D eigenvalue weighted by Crippen LogP contribution is 2.33. The van der Waals surface area contributed by atoms with Gasteiger partial charge in [0, 0.05) is 18.8 Å². The van der Waals surface area contributed by atoms with E-state index in [2.05, 4.69) is 10.0 Å². The van der Waals surface area contributed by atoms with Crippen molar-refractivity contribution in [1.82, 2.24) is 4.72 Å². The predicted octanol–water partition coefficient (Wildman–Crippen LogP) is 4.18. The van der Waals surface area contributed by atoms with Crippen molar-refractivity contribution in [3.63, 3.8) is 0 Å². The minimum atomic E-state index is -4.33. The standard InChI is InChI=1S/C17H27F3N2O2S/c1-4-14-12-15(8-9-16(14)17(18,19)20)21-10-6-5-7-11-22-25(23,24)13(2)3/h8-9,12-13,21-22H,4-7,10-11H2,1-3H3. The molecule has 8 heteroatoms. The van der Waals surface area contributed by atoms with Crippen molar-refractivity contribution in [2.75, 3.05) is 18.4 Å². The maximum atomic E-state index is 12.9. The lowest BCUT2D eigenvalue weighted by atomic mass is 10.0. The highest BCUT2D eigenvalue weighted by molar-refractivity contribution is 7.90. The van der Waals surface area contributed by atoms with Gasteiger partial charge in [-0.3, -0.25) is 0 Å². The molecule has 0 aliphatic heterocycles.